The van der Waals surface area contributed by atoms with Gasteiger partial charge in [0.15, 0.2) is 0 Å². The Morgan fingerprint density at radius 3 is 2.83 bits per heavy atom. The van der Waals surface area contributed by atoms with E-state index in [1.54, 1.807) is 0 Å². The lowest BCUT2D eigenvalue weighted by Gasteiger charge is -2.13. The van der Waals surface area contributed by atoms with E-state index in [1.165, 1.54) is 0 Å². The summed E-state index contributed by atoms with van der Waals surface area (Å²) in [6.07, 6.45) is 2.81. The summed E-state index contributed by atoms with van der Waals surface area (Å²) >= 11 is 0. The van der Waals surface area contributed by atoms with Gasteiger partial charge in [0, 0.05) is 12.8 Å². The predicted molar refractivity (Wildman–Crippen MR) is 88.2 cm³/mol. The molecule has 124 valence electrons. The molecule has 0 unspecified atom stereocenters. The summed E-state index contributed by atoms with van der Waals surface area (Å²) in [5, 5.41) is 11.7. The molecule has 0 aliphatic carbocycles. The number of carbonyl (C=O) groups is 2. The predicted octanol–water partition coefficient (Wildman–Crippen LogP) is 2.56. The zero-order valence-electron chi connectivity index (χ0n) is 13.6. The summed E-state index contributed by atoms with van der Waals surface area (Å²) < 4.78 is 0. The standard InChI is InChI=1S/C17H23N3O3/c1-3-4-7-13(17(22)23)19-15(21)10-9-14-18-12-8-5-6-11(2)16(12)20-14/h5-6,8,13H,3-4,7,9-10H2,1-2H3,(H,18,20)(H,19,21)(H,22,23)/t13-/m0/s1. The monoisotopic (exact) mass is 317 g/mol. The maximum absolute atomic E-state index is 12.0. The number of imidazole rings is 1. The van der Waals surface area contributed by atoms with Crippen molar-refractivity contribution in [1.82, 2.24) is 15.3 Å². The number of carboxylic acids is 1. The number of fused-ring (bicyclic) bond motifs is 1. The Morgan fingerprint density at radius 1 is 1.39 bits per heavy atom. The van der Waals surface area contributed by atoms with E-state index in [9.17, 15) is 9.59 Å². The fourth-order valence-corrected chi connectivity index (χ4v) is 2.51. The molecule has 0 spiro atoms. The van der Waals surface area contributed by atoms with E-state index in [2.05, 4.69) is 15.3 Å². The topological polar surface area (TPSA) is 95.1 Å². The van der Waals surface area contributed by atoms with Crippen LogP contribution >= 0.6 is 0 Å². The van der Waals surface area contributed by atoms with E-state index in [-0.39, 0.29) is 12.3 Å². The first-order valence-corrected chi connectivity index (χ1v) is 7.97. The molecule has 1 heterocycles. The van der Waals surface area contributed by atoms with Crippen molar-refractivity contribution in [3.63, 3.8) is 0 Å². The number of aryl methyl sites for hydroxylation is 2. The summed E-state index contributed by atoms with van der Waals surface area (Å²) in [5.41, 5.74) is 2.95. The summed E-state index contributed by atoms with van der Waals surface area (Å²) in [4.78, 5) is 30.8. The molecule has 1 aromatic heterocycles. The number of H-pyrrole nitrogens is 1. The SMILES string of the molecule is CCCC[C@H](NC(=O)CCc1nc2c(C)cccc2[nH]1)C(=O)O. The number of hydrogen-bond donors (Lipinski definition) is 3. The summed E-state index contributed by atoms with van der Waals surface area (Å²) in [5.74, 6) is -0.498. The van der Waals surface area contributed by atoms with Crippen LogP contribution in [0.15, 0.2) is 18.2 Å². The van der Waals surface area contributed by atoms with Gasteiger partial charge in [0.2, 0.25) is 5.91 Å². The van der Waals surface area contributed by atoms with Gasteiger partial charge in [-0.3, -0.25) is 4.79 Å². The highest BCUT2D eigenvalue weighted by atomic mass is 16.4. The minimum Gasteiger partial charge on any atom is -0.480 e. The number of rotatable bonds is 8. The Kier molecular flexibility index (Phi) is 5.73. The van der Waals surface area contributed by atoms with Crippen molar-refractivity contribution in [3.05, 3.63) is 29.6 Å². The number of nitrogens with zero attached hydrogens (tertiary/aromatic N) is 1. The van der Waals surface area contributed by atoms with Gasteiger partial charge in [0.05, 0.1) is 11.0 Å². The Bertz CT molecular complexity index is 693. The molecule has 2 rings (SSSR count). The number of aliphatic carboxylic acids is 1. The second kappa shape index (κ2) is 7.76. The van der Waals surface area contributed by atoms with Gasteiger partial charge in [0.1, 0.15) is 11.9 Å². The van der Waals surface area contributed by atoms with Crippen LogP contribution in [-0.4, -0.2) is 33.0 Å². The van der Waals surface area contributed by atoms with Gasteiger partial charge in [-0.15, -0.1) is 0 Å². The molecule has 0 radical (unpaired) electrons. The Balaban J connectivity index is 1.92. The van der Waals surface area contributed by atoms with Crippen LogP contribution in [0.25, 0.3) is 11.0 Å². The Hall–Kier alpha value is -2.37. The van der Waals surface area contributed by atoms with Crippen LogP contribution in [0, 0.1) is 6.92 Å². The number of para-hydroxylation sites is 1. The van der Waals surface area contributed by atoms with E-state index >= 15 is 0 Å². The van der Waals surface area contributed by atoms with Crippen LogP contribution in [0.4, 0.5) is 0 Å². The van der Waals surface area contributed by atoms with E-state index in [0.717, 1.165) is 35.3 Å². The lowest BCUT2D eigenvalue weighted by molar-refractivity contribution is -0.142. The van der Waals surface area contributed by atoms with E-state index in [1.807, 2.05) is 32.0 Å². The molecular weight excluding hydrogens is 294 g/mol. The normalized spacial score (nSPS) is 12.3. The largest absolute Gasteiger partial charge is 0.480 e. The van der Waals surface area contributed by atoms with Crippen molar-refractivity contribution in [2.24, 2.45) is 0 Å². The second-order valence-corrected chi connectivity index (χ2v) is 5.76. The molecule has 23 heavy (non-hydrogen) atoms. The van der Waals surface area contributed by atoms with Crippen molar-refractivity contribution >= 4 is 22.9 Å². The molecular formula is C17H23N3O3. The first-order valence-electron chi connectivity index (χ1n) is 7.97. The highest BCUT2D eigenvalue weighted by molar-refractivity contribution is 5.83. The Morgan fingerprint density at radius 2 is 2.17 bits per heavy atom. The summed E-state index contributed by atoms with van der Waals surface area (Å²) in [7, 11) is 0. The van der Waals surface area contributed by atoms with Crippen molar-refractivity contribution < 1.29 is 14.7 Å². The van der Waals surface area contributed by atoms with Crippen molar-refractivity contribution in [2.45, 2.75) is 52.0 Å². The van der Waals surface area contributed by atoms with Crippen molar-refractivity contribution in [1.29, 1.82) is 0 Å². The van der Waals surface area contributed by atoms with Crippen molar-refractivity contribution in [3.8, 4) is 0 Å². The fraction of sp³-hybridized carbons (Fsp3) is 0.471. The van der Waals surface area contributed by atoms with Crippen LogP contribution in [-0.2, 0) is 16.0 Å². The lowest BCUT2D eigenvalue weighted by Crippen LogP contribution is -2.40. The maximum Gasteiger partial charge on any atom is 0.326 e. The number of nitrogens with one attached hydrogen (secondary N) is 2. The van der Waals surface area contributed by atoms with Gasteiger partial charge in [-0.2, -0.15) is 0 Å². The quantitative estimate of drug-likeness (QED) is 0.697. The zero-order chi connectivity index (χ0) is 16.8. The molecule has 1 amide bonds. The number of amides is 1. The van der Waals surface area contributed by atoms with Crippen LogP contribution in [0.2, 0.25) is 0 Å². The zero-order valence-corrected chi connectivity index (χ0v) is 13.6. The second-order valence-electron chi connectivity index (χ2n) is 5.76. The third-order valence-electron chi connectivity index (χ3n) is 3.83. The number of aromatic nitrogens is 2. The van der Waals surface area contributed by atoms with Gasteiger partial charge in [0.25, 0.3) is 0 Å². The molecule has 3 N–H and O–H groups in total. The van der Waals surface area contributed by atoms with Gasteiger partial charge >= 0.3 is 5.97 Å². The molecule has 0 bridgehead atoms. The van der Waals surface area contributed by atoms with Crippen molar-refractivity contribution in [2.75, 3.05) is 0 Å². The first kappa shape index (κ1) is 17.0. The summed E-state index contributed by atoms with van der Waals surface area (Å²) in [6.45, 7) is 3.98. The van der Waals surface area contributed by atoms with E-state index in [4.69, 9.17) is 5.11 Å². The van der Waals surface area contributed by atoms with E-state index in [0.29, 0.717) is 12.8 Å². The molecule has 0 aliphatic rings. The molecule has 1 aromatic carbocycles. The number of hydrogen-bond acceptors (Lipinski definition) is 3. The molecule has 0 aliphatic heterocycles. The first-order chi connectivity index (χ1) is 11.0. The number of carbonyl (C=O) groups excluding carboxylic acids is 1. The van der Waals surface area contributed by atoms with Crippen LogP contribution < -0.4 is 5.32 Å². The summed E-state index contributed by atoms with van der Waals surface area (Å²) in [6, 6.07) is 5.09. The third kappa shape index (κ3) is 4.55. The van der Waals surface area contributed by atoms with Gasteiger partial charge in [-0.1, -0.05) is 31.9 Å². The fourth-order valence-electron chi connectivity index (χ4n) is 2.51. The molecule has 6 heteroatoms. The van der Waals surface area contributed by atoms with Crippen LogP contribution in [0.1, 0.15) is 44.0 Å². The number of aromatic amines is 1. The highest BCUT2D eigenvalue weighted by Crippen LogP contribution is 2.16. The highest BCUT2D eigenvalue weighted by Gasteiger charge is 2.19. The van der Waals surface area contributed by atoms with Gasteiger partial charge in [-0.25, -0.2) is 9.78 Å². The lowest BCUT2D eigenvalue weighted by atomic mass is 10.1. The minimum absolute atomic E-state index is 0.217. The molecule has 2 aromatic rings. The number of benzene rings is 1. The molecule has 6 nitrogen and oxygen atoms in total. The number of unbranched alkanes of at least 4 members (excludes halogenated alkanes) is 1. The Labute approximate surface area is 135 Å². The van der Waals surface area contributed by atoms with Gasteiger partial charge in [-0.05, 0) is 25.0 Å². The minimum atomic E-state index is -0.980. The molecule has 0 fully saturated rings. The maximum atomic E-state index is 12.0. The molecule has 0 saturated carbocycles. The van der Waals surface area contributed by atoms with E-state index < -0.39 is 12.0 Å². The number of carboxylic acid groups (broad SMARTS) is 1. The average Bonchev–Trinajstić information content (AvgIpc) is 2.93. The smallest absolute Gasteiger partial charge is 0.326 e. The van der Waals surface area contributed by atoms with Crippen LogP contribution in [0.5, 0.6) is 0 Å². The van der Waals surface area contributed by atoms with Gasteiger partial charge < -0.3 is 15.4 Å². The average molecular weight is 317 g/mol. The third-order valence-corrected chi connectivity index (χ3v) is 3.83. The van der Waals surface area contributed by atoms with Crippen LogP contribution in [0.3, 0.4) is 0 Å². The molecule has 0 saturated heterocycles. The molecule has 1 atom stereocenters.